The number of hydrogen-bond acceptors (Lipinski definition) is 0. The molecule has 0 fully saturated rings. The predicted molar refractivity (Wildman–Crippen MR) is 61.3 cm³/mol. The molecule has 0 unspecified atom stereocenters. The number of hydrogen-bond donors (Lipinski definition) is 0. The Morgan fingerprint density at radius 1 is 1.23 bits per heavy atom. The van der Waals surface area contributed by atoms with Crippen LogP contribution in [-0.2, 0) is 17.3 Å². The van der Waals surface area contributed by atoms with E-state index in [9.17, 15) is 0 Å². The largest absolute Gasteiger partial charge is 0.154 e. The van der Waals surface area contributed by atoms with Crippen molar-refractivity contribution in [1.82, 2.24) is 0 Å². The first-order chi connectivity index (χ1) is 6.16. The second-order valence-electron chi connectivity index (χ2n) is 3.84. The monoisotopic (exact) mass is 191 g/mol. The normalized spacial score (nSPS) is 14.6. The van der Waals surface area contributed by atoms with Crippen LogP contribution in [0.2, 0.25) is 0 Å². The van der Waals surface area contributed by atoms with Crippen LogP contribution in [0.25, 0.3) is 6.08 Å². The molecule has 0 nitrogen and oxygen atoms in total. The van der Waals surface area contributed by atoms with Gasteiger partial charge in [0.05, 0.1) is 0 Å². The second-order valence-corrected chi connectivity index (χ2v) is 5.95. The number of fused-ring (bicyclic) bond motifs is 1. The van der Waals surface area contributed by atoms with Gasteiger partial charge in [0.25, 0.3) is 0 Å². The lowest BCUT2D eigenvalue weighted by Crippen LogP contribution is -1.96. The van der Waals surface area contributed by atoms with Crippen LogP contribution in [0.3, 0.4) is 0 Å². The highest BCUT2D eigenvalue weighted by molar-refractivity contribution is 7.95. The molecule has 1 aromatic rings. The molecule has 1 aromatic carbocycles. The molecular formula is C12H15S+. The van der Waals surface area contributed by atoms with Crippen molar-refractivity contribution < 1.29 is 0 Å². The van der Waals surface area contributed by atoms with Gasteiger partial charge in [-0.1, -0.05) is 17.7 Å². The van der Waals surface area contributed by atoms with E-state index in [1.165, 1.54) is 21.6 Å². The van der Waals surface area contributed by atoms with Gasteiger partial charge >= 0.3 is 0 Å². The van der Waals surface area contributed by atoms with Crippen molar-refractivity contribution in [2.24, 2.45) is 0 Å². The van der Waals surface area contributed by atoms with Crippen molar-refractivity contribution in [2.75, 3.05) is 12.5 Å². The van der Waals surface area contributed by atoms with Gasteiger partial charge in [0, 0.05) is 17.0 Å². The zero-order valence-corrected chi connectivity index (χ0v) is 9.24. The smallest absolute Gasteiger partial charge is 0.0683 e. The maximum atomic E-state index is 2.34. The Hall–Kier alpha value is -0.690. The molecule has 1 aliphatic carbocycles. The fourth-order valence-corrected chi connectivity index (χ4v) is 2.44. The molecule has 0 saturated heterocycles. The molecule has 0 aliphatic heterocycles. The van der Waals surface area contributed by atoms with E-state index in [-0.39, 0.29) is 0 Å². The minimum absolute atomic E-state index is 0.388. The zero-order chi connectivity index (χ0) is 9.42. The Kier molecular flexibility index (Phi) is 2.20. The predicted octanol–water partition coefficient (Wildman–Crippen LogP) is 2.88. The van der Waals surface area contributed by atoms with E-state index in [0.717, 1.165) is 6.42 Å². The lowest BCUT2D eigenvalue weighted by atomic mass is 10.1. The van der Waals surface area contributed by atoms with Crippen LogP contribution in [0.1, 0.15) is 18.1 Å². The van der Waals surface area contributed by atoms with Gasteiger partial charge in [0.1, 0.15) is 12.5 Å². The summed E-state index contributed by atoms with van der Waals surface area (Å²) in [4.78, 5) is 1.48. The van der Waals surface area contributed by atoms with Gasteiger partial charge in [0.2, 0.25) is 0 Å². The molecule has 1 aliphatic rings. The van der Waals surface area contributed by atoms with Gasteiger partial charge < -0.3 is 0 Å². The Morgan fingerprint density at radius 2 is 2.00 bits per heavy atom. The molecule has 0 atom stereocenters. The molecule has 0 N–H and O–H groups in total. The van der Waals surface area contributed by atoms with E-state index in [1.807, 2.05) is 0 Å². The molecule has 0 heterocycles. The second kappa shape index (κ2) is 3.22. The van der Waals surface area contributed by atoms with Crippen molar-refractivity contribution in [3.05, 3.63) is 34.9 Å². The molecule has 0 radical (unpaired) electrons. The van der Waals surface area contributed by atoms with E-state index >= 15 is 0 Å². The third-order valence-electron chi connectivity index (χ3n) is 2.46. The first-order valence-corrected chi connectivity index (χ1v) is 6.58. The van der Waals surface area contributed by atoms with Crippen LogP contribution in [0.4, 0.5) is 0 Å². The third-order valence-corrected chi connectivity index (χ3v) is 3.66. The molecule has 0 bridgehead atoms. The highest BCUT2D eigenvalue weighted by Gasteiger charge is 2.14. The standard InChI is InChI=1S/C12H15S/c1-9-6-10-4-5-12(13(2)3)8-11(10)7-9/h4-5,7-8H,6H2,1-3H3/q+1. The van der Waals surface area contributed by atoms with Crippen molar-refractivity contribution in [1.29, 1.82) is 0 Å². The van der Waals surface area contributed by atoms with Gasteiger partial charge in [0.15, 0.2) is 4.90 Å². The molecule has 68 valence electrons. The maximum Gasteiger partial charge on any atom is 0.154 e. The Balaban J connectivity index is 2.43. The maximum absolute atomic E-state index is 2.34. The van der Waals surface area contributed by atoms with Gasteiger partial charge in [-0.3, -0.25) is 0 Å². The van der Waals surface area contributed by atoms with Crippen LogP contribution in [0.15, 0.2) is 28.7 Å². The quantitative estimate of drug-likeness (QED) is 0.599. The SMILES string of the molecule is CC1=Cc2cc([S+](C)C)ccc2C1. The minimum atomic E-state index is 0.388. The summed E-state index contributed by atoms with van der Waals surface area (Å²) >= 11 is 0. The first kappa shape index (κ1) is 8.89. The van der Waals surface area contributed by atoms with Crippen molar-refractivity contribution in [3.8, 4) is 0 Å². The zero-order valence-electron chi connectivity index (χ0n) is 8.42. The molecule has 13 heavy (non-hydrogen) atoms. The number of benzene rings is 1. The van der Waals surface area contributed by atoms with Crippen LogP contribution in [-0.4, -0.2) is 12.5 Å². The molecular weight excluding hydrogens is 176 g/mol. The Morgan fingerprint density at radius 3 is 2.69 bits per heavy atom. The Labute approximate surface area is 83.0 Å². The molecule has 0 amide bonds. The van der Waals surface area contributed by atoms with Crippen molar-refractivity contribution in [3.63, 3.8) is 0 Å². The van der Waals surface area contributed by atoms with E-state index in [4.69, 9.17) is 0 Å². The molecule has 0 saturated carbocycles. The van der Waals surface area contributed by atoms with Gasteiger partial charge in [-0.05, 0) is 30.5 Å². The van der Waals surface area contributed by atoms with Crippen LogP contribution in [0.5, 0.6) is 0 Å². The summed E-state index contributed by atoms with van der Waals surface area (Å²) in [5.41, 5.74) is 4.42. The summed E-state index contributed by atoms with van der Waals surface area (Å²) in [7, 11) is 0.388. The molecule has 1 heteroatoms. The van der Waals surface area contributed by atoms with E-state index in [0.29, 0.717) is 10.9 Å². The summed E-state index contributed by atoms with van der Waals surface area (Å²) in [5.74, 6) is 0. The Bertz CT molecular complexity index is 361. The third kappa shape index (κ3) is 1.66. The fourth-order valence-electron chi connectivity index (χ4n) is 1.74. The van der Waals surface area contributed by atoms with Crippen LogP contribution >= 0.6 is 0 Å². The van der Waals surface area contributed by atoms with E-state index in [2.05, 4.69) is 43.7 Å². The highest BCUT2D eigenvalue weighted by atomic mass is 32.2. The topological polar surface area (TPSA) is 0 Å². The first-order valence-electron chi connectivity index (χ1n) is 4.54. The average molecular weight is 191 g/mol. The average Bonchev–Trinajstić information content (AvgIpc) is 2.42. The highest BCUT2D eigenvalue weighted by Crippen LogP contribution is 2.26. The fraction of sp³-hybridized carbons (Fsp3) is 0.333. The van der Waals surface area contributed by atoms with Crippen LogP contribution in [0, 0.1) is 0 Å². The lowest BCUT2D eigenvalue weighted by molar-refractivity contribution is 1.18. The lowest BCUT2D eigenvalue weighted by Gasteiger charge is -2.00. The van der Waals surface area contributed by atoms with Crippen molar-refractivity contribution in [2.45, 2.75) is 18.2 Å². The number of rotatable bonds is 1. The summed E-state index contributed by atoms with van der Waals surface area (Å²) in [6, 6.07) is 6.90. The molecule has 0 spiro atoms. The number of allylic oxidation sites excluding steroid dienone is 1. The molecule has 2 rings (SSSR count). The molecule has 0 aromatic heterocycles. The van der Waals surface area contributed by atoms with Gasteiger partial charge in [-0.2, -0.15) is 0 Å². The summed E-state index contributed by atoms with van der Waals surface area (Å²) in [6.45, 7) is 2.21. The summed E-state index contributed by atoms with van der Waals surface area (Å²) in [6.07, 6.45) is 8.00. The van der Waals surface area contributed by atoms with Crippen LogP contribution < -0.4 is 0 Å². The van der Waals surface area contributed by atoms with E-state index < -0.39 is 0 Å². The minimum Gasteiger partial charge on any atom is -0.0683 e. The summed E-state index contributed by atoms with van der Waals surface area (Å²) in [5, 5.41) is 0. The van der Waals surface area contributed by atoms with Crippen molar-refractivity contribution >= 4 is 17.0 Å². The van der Waals surface area contributed by atoms with E-state index in [1.54, 1.807) is 0 Å². The van der Waals surface area contributed by atoms with Gasteiger partial charge in [-0.25, -0.2) is 0 Å². The van der Waals surface area contributed by atoms with Gasteiger partial charge in [-0.15, -0.1) is 0 Å². The summed E-state index contributed by atoms with van der Waals surface area (Å²) < 4.78 is 0.